The largest absolute Gasteiger partial charge is 0.315 e. The summed E-state index contributed by atoms with van der Waals surface area (Å²) >= 11 is 1.31. The molecule has 0 N–H and O–H groups in total. The van der Waals surface area contributed by atoms with Crippen molar-refractivity contribution in [3.8, 4) is 0 Å². The minimum absolute atomic E-state index is 0.0532. The molecule has 0 aliphatic rings. The lowest BCUT2D eigenvalue weighted by molar-refractivity contribution is -0.117. The zero-order valence-corrected chi connectivity index (χ0v) is 19.1. The highest BCUT2D eigenvalue weighted by atomic mass is 32.2. The lowest BCUT2D eigenvalue weighted by Gasteiger charge is -2.24. The summed E-state index contributed by atoms with van der Waals surface area (Å²) in [4.78, 5) is 33.1. The highest BCUT2D eigenvalue weighted by Gasteiger charge is 2.24. The van der Waals surface area contributed by atoms with Gasteiger partial charge in [-0.3, -0.25) is 14.2 Å². The van der Waals surface area contributed by atoms with Gasteiger partial charge < -0.3 is 4.90 Å². The van der Waals surface area contributed by atoms with Crippen LogP contribution in [0.4, 0.5) is 5.69 Å². The topological polar surface area (TPSA) is 55.2 Å². The Hall–Kier alpha value is -3.38. The number of aromatic nitrogens is 2. The summed E-state index contributed by atoms with van der Waals surface area (Å²) in [6.07, 6.45) is 0. The number of hydrogen-bond donors (Lipinski definition) is 0. The van der Waals surface area contributed by atoms with Crippen LogP contribution in [0.1, 0.15) is 25.5 Å². The molecule has 0 radical (unpaired) electrons. The molecule has 0 fully saturated rings. The summed E-state index contributed by atoms with van der Waals surface area (Å²) in [5, 5.41) is 0.676. The fourth-order valence-corrected chi connectivity index (χ4v) is 4.77. The van der Waals surface area contributed by atoms with Gasteiger partial charge in [0, 0.05) is 12.7 Å². The number of thioether (sulfide) groups is 1. The second-order valence-electron chi connectivity index (χ2n) is 7.67. The molecular weight excluding hydrogens is 418 g/mol. The van der Waals surface area contributed by atoms with Crippen LogP contribution < -0.4 is 10.5 Å². The molecular formula is C26H25N3O2S. The van der Waals surface area contributed by atoms with E-state index in [-0.39, 0.29) is 17.5 Å². The maximum absolute atomic E-state index is 13.5. The van der Waals surface area contributed by atoms with Crippen molar-refractivity contribution in [2.45, 2.75) is 30.3 Å². The van der Waals surface area contributed by atoms with E-state index in [4.69, 9.17) is 4.98 Å². The predicted molar refractivity (Wildman–Crippen MR) is 131 cm³/mol. The van der Waals surface area contributed by atoms with Crippen molar-refractivity contribution in [3.63, 3.8) is 0 Å². The van der Waals surface area contributed by atoms with Crippen molar-refractivity contribution >= 4 is 34.3 Å². The maximum atomic E-state index is 13.5. The summed E-state index contributed by atoms with van der Waals surface area (Å²) in [5.41, 5.74) is 2.36. The van der Waals surface area contributed by atoms with Gasteiger partial charge in [0.1, 0.15) is 0 Å². The van der Waals surface area contributed by atoms with Crippen LogP contribution in [0, 0.1) is 0 Å². The number of fused-ring (bicyclic) bond motifs is 1. The van der Waals surface area contributed by atoms with E-state index < -0.39 is 5.25 Å². The molecule has 4 aromatic rings. The number of carbonyl (C=O) groups is 1. The van der Waals surface area contributed by atoms with Gasteiger partial charge in [-0.15, -0.1) is 0 Å². The summed E-state index contributed by atoms with van der Waals surface area (Å²) < 4.78 is 1.70. The molecule has 1 amide bonds. The molecule has 0 unspecified atom stereocenters. The van der Waals surface area contributed by atoms with E-state index in [0.29, 0.717) is 16.1 Å². The van der Waals surface area contributed by atoms with Gasteiger partial charge in [0.25, 0.3) is 5.56 Å². The summed E-state index contributed by atoms with van der Waals surface area (Å²) in [6.45, 7) is 3.84. The molecule has 0 saturated carbocycles. The van der Waals surface area contributed by atoms with Gasteiger partial charge in [-0.1, -0.05) is 72.4 Å². The second kappa shape index (κ2) is 9.40. The van der Waals surface area contributed by atoms with Crippen LogP contribution in [0.15, 0.2) is 94.9 Å². The van der Waals surface area contributed by atoms with Crippen molar-refractivity contribution in [3.05, 3.63) is 101 Å². The van der Waals surface area contributed by atoms with E-state index in [2.05, 4.69) is 0 Å². The molecule has 0 aliphatic heterocycles. The third kappa shape index (κ3) is 4.32. The maximum Gasteiger partial charge on any atom is 0.262 e. The lowest BCUT2D eigenvalue weighted by atomic mass is 10.1. The molecule has 0 saturated heterocycles. The Balaban J connectivity index is 1.74. The molecule has 2 atom stereocenters. The van der Waals surface area contributed by atoms with Gasteiger partial charge >= 0.3 is 0 Å². The minimum Gasteiger partial charge on any atom is -0.315 e. The standard InChI is InChI=1S/C26H25N3O2S/c1-18(20-12-6-4-7-13-20)29-25(31)22-16-10-11-17-23(22)27-26(29)32-19(2)24(30)28(3)21-14-8-5-9-15-21/h4-19H,1-3H3/t18-,19+/m0/s1. The Morgan fingerprint density at radius 2 is 1.50 bits per heavy atom. The van der Waals surface area contributed by atoms with E-state index in [1.807, 2.05) is 92.7 Å². The van der Waals surface area contributed by atoms with Crippen molar-refractivity contribution in [2.75, 3.05) is 11.9 Å². The molecule has 162 valence electrons. The van der Waals surface area contributed by atoms with Crippen molar-refractivity contribution < 1.29 is 4.79 Å². The van der Waals surface area contributed by atoms with Crippen LogP contribution in [0.5, 0.6) is 0 Å². The van der Waals surface area contributed by atoms with Gasteiger partial charge in [0.05, 0.1) is 22.2 Å². The average Bonchev–Trinajstić information content (AvgIpc) is 2.84. The Morgan fingerprint density at radius 3 is 2.19 bits per heavy atom. The van der Waals surface area contributed by atoms with Gasteiger partial charge in [0.2, 0.25) is 5.91 Å². The van der Waals surface area contributed by atoms with Crippen molar-refractivity contribution in [2.24, 2.45) is 0 Å². The van der Waals surface area contributed by atoms with Crippen LogP contribution in [0.3, 0.4) is 0 Å². The van der Waals surface area contributed by atoms with E-state index >= 15 is 0 Å². The van der Waals surface area contributed by atoms with Crippen LogP contribution >= 0.6 is 11.8 Å². The predicted octanol–water partition coefficient (Wildman–Crippen LogP) is 5.15. The molecule has 1 aromatic heterocycles. The van der Waals surface area contributed by atoms with E-state index in [1.54, 1.807) is 22.6 Å². The van der Waals surface area contributed by atoms with Crippen LogP contribution in [-0.2, 0) is 4.79 Å². The summed E-state index contributed by atoms with van der Waals surface area (Å²) in [7, 11) is 1.77. The molecule has 0 bridgehead atoms. The molecule has 5 nitrogen and oxygen atoms in total. The normalized spacial score (nSPS) is 13.0. The number of anilines is 1. The van der Waals surface area contributed by atoms with Gasteiger partial charge in [-0.25, -0.2) is 4.98 Å². The first-order valence-electron chi connectivity index (χ1n) is 10.5. The molecule has 1 heterocycles. The molecule has 0 spiro atoms. The number of nitrogens with zero attached hydrogens (tertiary/aromatic N) is 3. The Labute approximate surface area is 191 Å². The van der Waals surface area contributed by atoms with Gasteiger partial charge in [-0.05, 0) is 43.7 Å². The monoisotopic (exact) mass is 443 g/mol. The Bertz CT molecular complexity index is 1290. The quantitative estimate of drug-likeness (QED) is 0.305. The van der Waals surface area contributed by atoms with Gasteiger partial charge in [-0.2, -0.15) is 0 Å². The molecule has 3 aromatic carbocycles. The van der Waals surface area contributed by atoms with Gasteiger partial charge in [0.15, 0.2) is 5.16 Å². The SMILES string of the molecule is C[C@@H](Sc1nc2ccccc2c(=O)n1[C@@H](C)c1ccccc1)C(=O)N(C)c1ccccc1. The number of benzene rings is 3. The number of amides is 1. The smallest absolute Gasteiger partial charge is 0.262 e. The summed E-state index contributed by atoms with van der Waals surface area (Å²) in [6, 6.07) is 26.5. The highest BCUT2D eigenvalue weighted by Crippen LogP contribution is 2.29. The summed E-state index contributed by atoms with van der Waals surface area (Å²) in [5.74, 6) is -0.0532. The fourth-order valence-electron chi connectivity index (χ4n) is 3.69. The minimum atomic E-state index is -0.428. The number of rotatable bonds is 6. The second-order valence-corrected chi connectivity index (χ2v) is 8.97. The molecule has 4 rings (SSSR count). The van der Waals surface area contributed by atoms with Crippen molar-refractivity contribution in [1.29, 1.82) is 0 Å². The average molecular weight is 444 g/mol. The zero-order valence-electron chi connectivity index (χ0n) is 18.3. The lowest BCUT2D eigenvalue weighted by Crippen LogP contribution is -2.34. The van der Waals surface area contributed by atoms with Crippen molar-refractivity contribution in [1.82, 2.24) is 9.55 Å². The number of carbonyl (C=O) groups excluding carboxylic acids is 1. The molecule has 0 aliphatic carbocycles. The third-order valence-corrected chi connectivity index (χ3v) is 6.60. The van der Waals surface area contributed by atoms with E-state index in [0.717, 1.165) is 11.3 Å². The van der Waals surface area contributed by atoms with E-state index in [9.17, 15) is 9.59 Å². The first kappa shape index (κ1) is 21.8. The Morgan fingerprint density at radius 1 is 0.906 bits per heavy atom. The van der Waals surface area contributed by atoms with Crippen LogP contribution in [-0.4, -0.2) is 27.8 Å². The third-order valence-electron chi connectivity index (χ3n) is 5.55. The number of para-hydroxylation sites is 2. The molecule has 6 heteroatoms. The van der Waals surface area contributed by atoms with Crippen LogP contribution in [0.2, 0.25) is 0 Å². The molecule has 32 heavy (non-hydrogen) atoms. The highest BCUT2D eigenvalue weighted by molar-refractivity contribution is 8.00. The Kier molecular flexibility index (Phi) is 6.42. The van der Waals surface area contributed by atoms with Crippen LogP contribution in [0.25, 0.3) is 10.9 Å². The first-order chi connectivity index (χ1) is 15.5. The first-order valence-corrected chi connectivity index (χ1v) is 11.4. The zero-order chi connectivity index (χ0) is 22.7. The number of hydrogen-bond acceptors (Lipinski definition) is 4. The fraction of sp³-hybridized carbons (Fsp3) is 0.192. The van der Waals surface area contributed by atoms with E-state index in [1.165, 1.54) is 11.8 Å².